The molecule has 0 aliphatic rings. The number of carbonyl (C=O) groups excluding carboxylic acids is 1. The minimum absolute atomic E-state index is 0.0315. The van der Waals surface area contributed by atoms with Crippen LogP contribution in [0.4, 0.5) is 0 Å². The summed E-state index contributed by atoms with van der Waals surface area (Å²) >= 11 is 3.17. The lowest BCUT2D eigenvalue weighted by molar-refractivity contribution is 0.101. The van der Waals surface area contributed by atoms with Crippen LogP contribution >= 0.6 is 23.1 Å². The number of pyridine rings is 1. The molecule has 94 valence electrons. The van der Waals surface area contributed by atoms with Crippen molar-refractivity contribution in [2.75, 3.05) is 0 Å². The van der Waals surface area contributed by atoms with Gasteiger partial charge in [-0.3, -0.25) is 4.79 Å². The number of fused-ring (bicyclic) bond motifs is 1. The molecule has 0 fully saturated rings. The number of benzene rings is 1. The second-order valence-electron chi connectivity index (χ2n) is 3.99. The molecule has 0 radical (unpaired) electrons. The van der Waals surface area contributed by atoms with E-state index in [1.165, 1.54) is 23.4 Å². The fourth-order valence-electron chi connectivity index (χ4n) is 1.63. The summed E-state index contributed by atoms with van der Waals surface area (Å²) in [6, 6.07) is 11.7. The molecule has 5 heteroatoms. The lowest BCUT2D eigenvalue weighted by Gasteiger charge is -1.98. The molecule has 0 saturated heterocycles. The van der Waals surface area contributed by atoms with Gasteiger partial charge in [0.05, 0.1) is 10.2 Å². The number of para-hydroxylation sites is 1. The van der Waals surface area contributed by atoms with Crippen LogP contribution in [-0.4, -0.2) is 15.8 Å². The summed E-state index contributed by atoms with van der Waals surface area (Å²) in [5.74, 6) is 0.0315. The Morgan fingerprint density at radius 3 is 2.74 bits per heavy atom. The lowest BCUT2D eigenvalue weighted by Crippen LogP contribution is -1.92. The van der Waals surface area contributed by atoms with Gasteiger partial charge in [-0.2, -0.15) is 0 Å². The van der Waals surface area contributed by atoms with Crippen LogP contribution in [0.3, 0.4) is 0 Å². The quantitative estimate of drug-likeness (QED) is 0.681. The van der Waals surface area contributed by atoms with Gasteiger partial charge in [0.15, 0.2) is 10.1 Å². The molecule has 3 nitrogen and oxygen atoms in total. The second-order valence-corrected chi connectivity index (χ2v) is 6.29. The summed E-state index contributed by atoms with van der Waals surface area (Å²) in [5, 5.41) is 0.851. The van der Waals surface area contributed by atoms with E-state index in [4.69, 9.17) is 0 Å². The molecule has 0 atom stereocenters. The molecular formula is C14H10N2OS2. The van der Waals surface area contributed by atoms with Crippen LogP contribution < -0.4 is 0 Å². The largest absolute Gasteiger partial charge is 0.294 e. The molecule has 0 aliphatic carbocycles. The number of nitrogens with zero attached hydrogens (tertiary/aromatic N) is 2. The van der Waals surface area contributed by atoms with Gasteiger partial charge in [-0.25, -0.2) is 9.97 Å². The normalized spacial score (nSPS) is 10.8. The van der Waals surface area contributed by atoms with E-state index in [9.17, 15) is 4.79 Å². The van der Waals surface area contributed by atoms with Crippen LogP contribution in [0.5, 0.6) is 0 Å². The Morgan fingerprint density at radius 1 is 1.21 bits per heavy atom. The number of rotatable bonds is 3. The Bertz CT molecular complexity index is 702. The Hall–Kier alpha value is -1.72. The van der Waals surface area contributed by atoms with E-state index in [0.29, 0.717) is 5.56 Å². The van der Waals surface area contributed by atoms with Gasteiger partial charge < -0.3 is 0 Å². The number of ketones is 1. The molecule has 0 bridgehead atoms. The van der Waals surface area contributed by atoms with E-state index in [1.54, 1.807) is 23.6 Å². The topological polar surface area (TPSA) is 42.9 Å². The highest BCUT2D eigenvalue weighted by Crippen LogP contribution is 2.33. The van der Waals surface area contributed by atoms with Crippen molar-refractivity contribution in [3.63, 3.8) is 0 Å². The van der Waals surface area contributed by atoms with E-state index in [0.717, 1.165) is 14.9 Å². The summed E-state index contributed by atoms with van der Waals surface area (Å²) in [6.07, 6.45) is 1.61. The molecule has 0 spiro atoms. The van der Waals surface area contributed by atoms with Gasteiger partial charge in [-0.15, -0.1) is 11.3 Å². The first-order valence-electron chi connectivity index (χ1n) is 5.73. The van der Waals surface area contributed by atoms with Crippen LogP contribution in [-0.2, 0) is 0 Å². The van der Waals surface area contributed by atoms with E-state index in [2.05, 4.69) is 16.0 Å². The van der Waals surface area contributed by atoms with Gasteiger partial charge in [0.2, 0.25) is 0 Å². The summed E-state index contributed by atoms with van der Waals surface area (Å²) < 4.78 is 2.13. The average molecular weight is 286 g/mol. The molecular weight excluding hydrogens is 276 g/mol. The zero-order chi connectivity index (χ0) is 13.2. The van der Waals surface area contributed by atoms with Crippen molar-refractivity contribution in [2.24, 2.45) is 0 Å². The second kappa shape index (κ2) is 5.11. The van der Waals surface area contributed by atoms with Gasteiger partial charge in [0.1, 0.15) is 5.03 Å². The number of Topliss-reactive ketones (excluding diaryl/α,β-unsaturated/α-hetero) is 1. The van der Waals surface area contributed by atoms with E-state index in [-0.39, 0.29) is 5.78 Å². The lowest BCUT2D eigenvalue weighted by atomic mass is 10.2. The molecule has 3 rings (SSSR count). The van der Waals surface area contributed by atoms with Gasteiger partial charge >= 0.3 is 0 Å². The molecule has 0 amide bonds. The summed E-state index contributed by atoms with van der Waals surface area (Å²) in [6.45, 7) is 1.54. The van der Waals surface area contributed by atoms with E-state index < -0.39 is 0 Å². The van der Waals surface area contributed by atoms with Crippen molar-refractivity contribution < 1.29 is 4.79 Å². The average Bonchev–Trinajstić information content (AvgIpc) is 2.81. The monoisotopic (exact) mass is 286 g/mol. The van der Waals surface area contributed by atoms with Crippen LogP contribution in [0.25, 0.3) is 10.2 Å². The molecule has 0 saturated carbocycles. The standard InChI is InChI=1S/C14H10N2OS2/c1-9(17)10-6-7-13(15-8-10)19-14-16-11-4-2-3-5-12(11)18-14/h2-8H,1H3. The highest BCUT2D eigenvalue weighted by atomic mass is 32.2. The van der Waals surface area contributed by atoms with Crippen molar-refractivity contribution in [3.8, 4) is 0 Å². The molecule has 0 N–H and O–H groups in total. The van der Waals surface area contributed by atoms with Crippen molar-refractivity contribution in [2.45, 2.75) is 16.3 Å². The fraction of sp³-hybridized carbons (Fsp3) is 0.0714. The maximum absolute atomic E-state index is 11.2. The highest BCUT2D eigenvalue weighted by Gasteiger charge is 2.06. The molecule has 1 aromatic carbocycles. The smallest absolute Gasteiger partial charge is 0.161 e. The third-order valence-electron chi connectivity index (χ3n) is 2.61. The maximum Gasteiger partial charge on any atom is 0.161 e. The Balaban J connectivity index is 1.86. The number of thiazole rings is 1. The predicted octanol–water partition coefficient (Wildman–Crippen LogP) is 4.05. The Kier molecular flexibility index (Phi) is 3.31. The van der Waals surface area contributed by atoms with Crippen LogP contribution in [0, 0.1) is 0 Å². The molecule has 0 aliphatic heterocycles. The highest BCUT2D eigenvalue weighted by molar-refractivity contribution is 8.01. The fourth-order valence-corrected chi connectivity index (χ4v) is 3.59. The first-order chi connectivity index (χ1) is 9.22. The van der Waals surface area contributed by atoms with Gasteiger partial charge in [0, 0.05) is 11.8 Å². The Labute approximate surface area is 118 Å². The summed E-state index contributed by atoms with van der Waals surface area (Å²) in [4.78, 5) is 20.0. The van der Waals surface area contributed by atoms with Crippen LogP contribution in [0.1, 0.15) is 17.3 Å². The van der Waals surface area contributed by atoms with Gasteiger partial charge in [-0.05, 0) is 43.0 Å². The number of hydrogen-bond donors (Lipinski definition) is 0. The third-order valence-corrected chi connectivity index (χ3v) is 4.66. The van der Waals surface area contributed by atoms with Crippen molar-refractivity contribution in [1.29, 1.82) is 0 Å². The third kappa shape index (κ3) is 2.67. The van der Waals surface area contributed by atoms with E-state index in [1.807, 2.05) is 24.3 Å². The SMILES string of the molecule is CC(=O)c1ccc(Sc2nc3ccccc3s2)nc1. The molecule has 2 heterocycles. The van der Waals surface area contributed by atoms with Crippen LogP contribution in [0.2, 0.25) is 0 Å². The van der Waals surface area contributed by atoms with E-state index >= 15 is 0 Å². The van der Waals surface area contributed by atoms with Crippen molar-refractivity contribution in [1.82, 2.24) is 9.97 Å². The zero-order valence-corrected chi connectivity index (χ0v) is 11.8. The molecule has 19 heavy (non-hydrogen) atoms. The summed E-state index contributed by atoms with van der Waals surface area (Å²) in [5.41, 5.74) is 1.64. The first-order valence-corrected chi connectivity index (χ1v) is 7.36. The summed E-state index contributed by atoms with van der Waals surface area (Å²) in [7, 11) is 0. The number of aromatic nitrogens is 2. The number of carbonyl (C=O) groups is 1. The van der Waals surface area contributed by atoms with Crippen LogP contribution in [0.15, 0.2) is 52.0 Å². The minimum Gasteiger partial charge on any atom is -0.294 e. The Morgan fingerprint density at radius 2 is 2.05 bits per heavy atom. The minimum atomic E-state index is 0.0315. The number of hydrogen-bond acceptors (Lipinski definition) is 5. The first kappa shape index (κ1) is 12.3. The van der Waals surface area contributed by atoms with Crippen molar-refractivity contribution in [3.05, 3.63) is 48.2 Å². The molecule has 2 aromatic heterocycles. The maximum atomic E-state index is 11.2. The van der Waals surface area contributed by atoms with Gasteiger partial charge in [-0.1, -0.05) is 12.1 Å². The molecule has 0 unspecified atom stereocenters. The molecule has 3 aromatic rings. The van der Waals surface area contributed by atoms with Crippen molar-refractivity contribution >= 4 is 39.1 Å². The van der Waals surface area contributed by atoms with Gasteiger partial charge in [0.25, 0.3) is 0 Å². The predicted molar refractivity (Wildman–Crippen MR) is 78.0 cm³/mol. The zero-order valence-electron chi connectivity index (χ0n) is 10.2.